The van der Waals surface area contributed by atoms with Crippen LogP contribution in [0.5, 0.6) is 11.5 Å². The molecular weight excluding hydrogens is 604 g/mol. The number of methoxy groups -OCH3 is 2. The summed E-state index contributed by atoms with van der Waals surface area (Å²) in [5.41, 5.74) is 1.12. The lowest BCUT2D eigenvalue weighted by Gasteiger charge is -2.73. The van der Waals surface area contributed by atoms with E-state index in [1.165, 1.54) is 31.9 Å². The highest BCUT2D eigenvalue weighted by atomic mass is 16.6. The van der Waals surface area contributed by atoms with Gasteiger partial charge >= 0.3 is 5.97 Å². The number of rotatable bonds is 3. The molecule has 0 spiro atoms. The first-order chi connectivity index (χ1) is 22.5. The number of aliphatic hydroxyl groups excluding tert-OH is 1. The van der Waals surface area contributed by atoms with Crippen molar-refractivity contribution in [2.75, 3.05) is 14.2 Å². The van der Waals surface area contributed by atoms with Crippen LogP contribution < -0.4 is 4.74 Å². The van der Waals surface area contributed by atoms with Gasteiger partial charge in [-0.15, -0.1) is 0 Å². The quantitative estimate of drug-likeness (QED) is 0.314. The number of aliphatic hydroxyl groups is 1. The van der Waals surface area contributed by atoms with Crippen LogP contribution in [0.15, 0.2) is 29.5 Å². The standard InChI is InChI=1S/C41H60O7/c1-22-13-16-37(4)19-20-39(6)31(30(37)23(22)2)33-34(48-32(24(3)47-33)25-11-12-26(42)27(21-25)45-9)35-38(5)17-15-29(43)41(8,36(44)46-10)28(38)14-18-40(35,39)7/h11-12,21-24,28-30,32,34-35,42-43H,13-20H2,1-10H3/t22-,23+,24-,28-,29+,30+,32+,34-,35-,37-,38+,39-,40-,41+/m1/s1. The molecule has 7 heteroatoms. The second kappa shape index (κ2) is 11.1. The molecule has 6 aliphatic rings. The van der Waals surface area contributed by atoms with Crippen molar-refractivity contribution in [2.24, 2.45) is 56.7 Å². The zero-order valence-corrected chi connectivity index (χ0v) is 31.0. The van der Waals surface area contributed by atoms with E-state index in [4.69, 9.17) is 18.9 Å². The summed E-state index contributed by atoms with van der Waals surface area (Å²) < 4.78 is 25.8. The summed E-state index contributed by atoms with van der Waals surface area (Å²) >= 11 is 0. The Kier molecular flexibility index (Phi) is 7.93. The SMILES string of the molecule is COC(=O)[C@@]1(C)[C@@H]2CC[C@]3(C)[C@H]([C@@H]4O[C@H](c5ccc(O)c(OC)c5)[C@@H](C)OC4=C4[C@@H]5[C@@H](C)[C@H](C)CC[C@]5(C)CC[C@]43C)[C@@]2(C)CC[C@@H]1O. The van der Waals surface area contributed by atoms with Gasteiger partial charge in [-0.1, -0.05) is 47.6 Å². The number of carbonyl (C=O) groups excluding carboxylic acids is 1. The molecule has 5 aliphatic carbocycles. The Morgan fingerprint density at radius 2 is 1.65 bits per heavy atom. The smallest absolute Gasteiger partial charge is 0.314 e. The molecule has 1 saturated heterocycles. The fraction of sp³-hybridized carbons (Fsp3) is 0.780. The third-order valence-corrected chi connectivity index (χ3v) is 16.2. The van der Waals surface area contributed by atoms with Gasteiger partial charge < -0.3 is 29.2 Å². The highest BCUT2D eigenvalue weighted by molar-refractivity contribution is 5.78. The number of carbonyl (C=O) groups is 1. The van der Waals surface area contributed by atoms with Crippen molar-refractivity contribution in [3.8, 4) is 11.5 Å². The normalized spacial score (nSPS) is 49.7. The second-order valence-corrected chi connectivity index (χ2v) is 18.2. The van der Waals surface area contributed by atoms with Gasteiger partial charge in [0.05, 0.1) is 25.7 Å². The zero-order chi connectivity index (χ0) is 34.8. The molecule has 266 valence electrons. The van der Waals surface area contributed by atoms with E-state index in [9.17, 15) is 15.0 Å². The van der Waals surface area contributed by atoms with E-state index in [1.807, 2.05) is 19.1 Å². The minimum Gasteiger partial charge on any atom is -0.504 e. The van der Waals surface area contributed by atoms with Crippen molar-refractivity contribution < 1.29 is 34.0 Å². The summed E-state index contributed by atoms with van der Waals surface area (Å²) in [6, 6.07) is 5.48. The Morgan fingerprint density at radius 1 is 0.917 bits per heavy atom. The Hall–Kier alpha value is -2.25. The zero-order valence-electron chi connectivity index (χ0n) is 31.0. The Morgan fingerprint density at radius 3 is 2.33 bits per heavy atom. The lowest BCUT2D eigenvalue weighted by atomic mass is 9.32. The molecular formula is C41H60O7. The molecule has 1 aliphatic heterocycles. The van der Waals surface area contributed by atoms with Crippen molar-refractivity contribution in [1.29, 1.82) is 0 Å². The van der Waals surface area contributed by atoms with Crippen LogP contribution in [0.25, 0.3) is 0 Å². The number of hydrogen-bond acceptors (Lipinski definition) is 7. The molecule has 1 aromatic carbocycles. The highest BCUT2D eigenvalue weighted by Gasteiger charge is 2.74. The van der Waals surface area contributed by atoms with Crippen LogP contribution in [-0.4, -0.2) is 48.7 Å². The van der Waals surface area contributed by atoms with Gasteiger partial charge in [-0.05, 0) is 134 Å². The Bertz CT molecular complexity index is 1500. The van der Waals surface area contributed by atoms with Crippen molar-refractivity contribution in [2.45, 2.75) is 131 Å². The van der Waals surface area contributed by atoms with Gasteiger partial charge in [-0.2, -0.15) is 0 Å². The molecule has 7 nitrogen and oxygen atoms in total. The average molecular weight is 665 g/mol. The number of phenolic OH excluding ortho intramolecular Hbond substituents is 1. The molecule has 48 heavy (non-hydrogen) atoms. The summed E-state index contributed by atoms with van der Waals surface area (Å²) in [5, 5.41) is 22.0. The molecule has 1 heterocycles. The Labute approximate surface area is 288 Å². The van der Waals surface area contributed by atoms with Crippen LogP contribution in [0.3, 0.4) is 0 Å². The van der Waals surface area contributed by atoms with E-state index in [1.54, 1.807) is 13.2 Å². The highest BCUT2D eigenvalue weighted by Crippen LogP contribution is 2.77. The van der Waals surface area contributed by atoms with Gasteiger partial charge in [0.1, 0.15) is 24.1 Å². The monoisotopic (exact) mass is 664 g/mol. The molecule has 0 amide bonds. The van der Waals surface area contributed by atoms with Crippen molar-refractivity contribution in [1.82, 2.24) is 0 Å². The summed E-state index contributed by atoms with van der Waals surface area (Å²) in [5.74, 6) is 2.83. The van der Waals surface area contributed by atoms with Gasteiger partial charge in [0, 0.05) is 5.92 Å². The lowest BCUT2D eigenvalue weighted by molar-refractivity contribution is -0.273. The molecule has 4 saturated carbocycles. The maximum absolute atomic E-state index is 13.7. The molecule has 0 aromatic heterocycles. The molecule has 5 fully saturated rings. The summed E-state index contributed by atoms with van der Waals surface area (Å²) in [6.07, 6.45) is 6.32. The fourth-order valence-electron chi connectivity index (χ4n) is 13.2. The number of benzene rings is 1. The summed E-state index contributed by atoms with van der Waals surface area (Å²) in [6.45, 7) is 19.0. The van der Waals surface area contributed by atoms with Gasteiger partial charge in [0.25, 0.3) is 0 Å². The van der Waals surface area contributed by atoms with E-state index in [-0.39, 0.29) is 63.5 Å². The van der Waals surface area contributed by atoms with E-state index >= 15 is 0 Å². The van der Waals surface area contributed by atoms with Crippen LogP contribution in [0.1, 0.15) is 118 Å². The van der Waals surface area contributed by atoms with Crippen molar-refractivity contribution in [3.63, 3.8) is 0 Å². The van der Waals surface area contributed by atoms with E-state index in [0.717, 1.165) is 37.0 Å². The molecule has 0 bridgehead atoms. The number of aromatic hydroxyl groups is 1. The van der Waals surface area contributed by atoms with Gasteiger partial charge in [-0.3, -0.25) is 4.79 Å². The Balaban J connectivity index is 1.45. The fourth-order valence-corrected chi connectivity index (χ4v) is 13.2. The minimum atomic E-state index is -1.00. The first-order valence-corrected chi connectivity index (χ1v) is 18.7. The summed E-state index contributed by atoms with van der Waals surface area (Å²) in [7, 11) is 3.02. The number of phenols is 1. The molecule has 14 atom stereocenters. The number of fused-ring (bicyclic) bond motifs is 9. The minimum absolute atomic E-state index is 0.0543. The third kappa shape index (κ3) is 4.28. The summed E-state index contributed by atoms with van der Waals surface area (Å²) in [4.78, 5) is 13.7. The first-order valence-electron chi connectivity index (χ1n) is 18.7. The molecule has 0 unspecified atom stereocenters. The topological polar surface area (TPSA) is 94.5 Å². The maximum Gasteiger partial charge on any atom is 0.314 e. The molecule has 2 N–H and O–H groups in total. The van der Waals surface area contributed by atoms with Crippen LogP contribution in [-0.2, 0) is 19.0 Å². The van der Waals surface area contributed by atoms with E-state index in [0.29, 0.717) is 29.9 Å². The molecule has 7 rings (SSSR count). The van der Waals surface area contributed by atoms with Gasteiger partial charge in [0.2, 0.25) is 0 Å². The maximum atomic E-state index is 13.7. The van der Waals surface area contributed by atoms with Crippen molar-refractivity contribution >= 4 is 5.97 Å². The number of allylic oxidation sites excluding steroid dienone is 1. The van der Waals surface area contributed by atoms with Crippen LogP contribution in [0.4, 0.5) is 0 Å². The number of ether oxygens (including phenoxy) is 4. The van der Waals surface area contributed by atoms with Gasteiger partial charge in [-0.25, -0.2) is 0 Å². The van der Waals surface area contributed by atoms with Crippen LogP contribution in [0, 0.1) is 56.7 Å². The van der Waals surface area contributed by atoms with Crippen LogP contribution >= 0.6 is 0 Å². The average Bonchev–Trinajstić information content (AvgIpc) is 3.05. The largest absolute Gasteiger partial charge is 0.504 e. The predicted octanol–water partition coefficient (Wildman–Crippen LogP) is 8.37. The number of hydrogen-bond donors (Lipinski definition) is 2. The van der Waals surface area contributed by atoms with E-state index < -0.39 is 11.5 Å². The third-order valence-electron chi connectivity index (χ3n) is 16.2. The van der Waals surface area contributed by atoms with Crippen LogP contribution in [0.2, 0.25) is 0 Å². The van der Waals surface area contributed by atoms with E-state index in [2.05, 4.69) is 48.5 Å². The predicted molar refractivity (Wildman–Crippen MR) is 184 cm³/mol. The molecule has 0 radical (unpaired) electrons. The van der Waals surface area contributed by atoms with Crippen molar-refractivity contribution in [3.05, 3.63) is 35.1 Å². The second-order valence-electron chi connectivity index (χ2n) is 18.2. The lowest BCUT2D eigenvalue weighted by Crippen LogP contribution is -2.70. The van der Waals surface area contributed by atoms with Gasteiger partial charge in [0.15, 0.2) is 11.5 Å². The number of esters is 1. The molecule has 1 aromatic rings. The first kappa shape index (κ1) is 34.2.